The highest BCUT2D eigenvalue weighted by Gasteiger charge is 2.26. The van der Waals surface area contributed by atoms with Crippen LogP contribution in [0.5, 0.6) is 5.75 Å². The van der Waals surface area contributed by atoms with E-state index in [1.165, 1.54) is 31.5 Å². The average molecular weight is 418 g/mol. The van der Waals surface area contributed by atoms with Crippen molar-refractivity contribution in [1.82, 2.24) is 10.2 Å². The standard InChI is InChI=1S/C24H39N3O3/c1-24(2,3)30-23(28)25-20-11-9-19(10-12-20)13-14-26-15-17-27(18-16-26)21-7-5-6-8-22(21)29-4/h5-8,19-20H,9-18H2,1-4H3,(H,25,28). The summed E-state index contributed by atoms with van der Waals surface area (Å²) in [6, 6.07) is 8.56. The zero-order chi connectivity index (χ0) is 21.6. The Kier molecular flexibility index (Phi) is 7.87. The molecule has 1 aromatic rings. The van der Waals surface area contributed by atoms with Crippen molar-refractivity contribution < 1.29 is 14.3 Å². The molecular formula is C24H39N3O3. The maximum absolute atomic E-state index is 12.0. The highest BCUT2D eigenvalue weighted by Crippen LogP contribution is 2.30. The zero-order valence-electron chi connectivity index (χ0n) is 19.2. The van der Waals surface area contributed by atoms with E-state index in [2.05, 4.69) is 27.2 Å². The van der Waals surface area contributed by atoms with E-state index in [9.17, 15) is 4.79 Å². The number of hydrogen-bond acceptors (Lipinski definition) is 5. The van der Waals surface area contributed by atoms with Gasteiger partial charge in [-0.05, 0) is 77.5 Å². The van der Waals surface area contributed by atoms with Crippen LogP contribution in [0.15, 0.2) is 24.3 Å². The first-order valence-electron chi connectivity index (χ1n) is 11.4. The summed E-state index contributed by atoms with van der Waals surface area (Å²) >= 11 is 0. The van der Waals surface area contributed by atoms with Crippen LogP contribution in [0, 0.1) is 5.92 Å². The molecule has 1 aliphatic heterocycles. The van der Waals surface area contributed by atoms with Crippen molar-refractivity contribution in [3.05, 3.63) is 24.3 Å². The van der Waals surface area contributed by atoms with E-state index in [0.717, 1.165) is 50.7 Å². The second-order valence-electron chi connectivity index (χ2n) is 9.65. The van der Waals surface area contributed by atoms with E-state index >= 15 is 0 Å². The van der Waals surface area contributed by atoms with Gasteiger partial charge in [0.1, 0.15) is 11.4 Å². The van der Waals surface area contributed by atoms with Crippen molar-refractivity contribution in [2.24, 2.45) is 5.92 Å². The van der Waals surface area contributed by atoms with Gasteiger partial charge in [-0.25, -0.2) is 4.79 Å². The van der Waals surface area contributed by atoms with Gasteiger partial charge in [0.2, 0.25) is 0 Å². The van der Waals surface area contributed by atoms with Gasteiger partial charge < -0.3 is 19.7 Å². The number of anilines is 1. The molecule has 6 nitrogen and oxygen atoms in total. The summed E-state index contributed by atoms with van der Waals surface area (Å²) in [6.07, 6.45) is 5.49. The first kappa shape index (κ1) is 22.7. The molecule has 0 radical (unpaired) electrons. The molecular weight excluding hydrogens is 378 g/mol. The molecule has 2 fully saturated rings. The van der Waals surface area contributed by atoms with E-state index in [1.807, 2.05) is 32.9 Å². The lowest BCUT2D eigenvalue weighted by molar-refractivity contribution is 0.0486. The van der Waals surface area contributed by atoms with Crippen LogP contribution in [0.4, 0.5) is 10.5 Å². The molecule has 3 rings (SSSR count). The first-order chi connectivity index (χ1) is 14.3. The first-order valence-corrected chi connectivity index (χ1v) is 11.4. The molecule has 1 saturated heterocycles. The van der Waals surface area contributed by atoms with Gasteiger partial charge in [-0.3, -0.25) is 4.90 Å². The van der Waals surface area contributed by atoms with Crippen molar-refractivity contribution in [3.63, 3.8) is 0 Å². The van der Waals surface area contributed by atoms with Crippen LogP contribution in [-0.2, 0) is 4.74 Å². The van der Waals surface area contributed by atoms with Crippen LogP contribution >= 0.6 is 0 Å². The number of methoxy groups -OCH3 is 1. The predicted molar refractivity (Wildman–Crippen MR) is 121 cm³/mol. The molecule has 1 aliphatic carbocycles. The van der Waals surface area contributed by atoms with Crippen LogP contribution < -0.4 is 15.0 Å². The Labute approximate surface area is 181 Å². The average Bonchev–Trinajstić information content (AvgIpc) is 2.72. The SMILES string of the molecule is COc1ccccc1N1CCN(CCC2CCC(NC(=O)OC(C)(C)C)CC2)CC1. The molecule has 1 aromatic carbocycles. The number of hydrogen-bond donors (Lipinski definition) is 1. The molecule has 1 heterocycles. The molecule has 0 unspecified atom stereocenters. The lowest BCUT2D eigenvalue weighted by Crippen LogP contribution is -2.47. The number of rotatable bonds is 6. The van der Waals surface area contributed by atoms with Gasteiger partial charge in [-0.1, -0.05) is 12.1 Å². The minimum absolute atomic E-state index is 0.264. The minimum atomic E-state index is -0.434. The summed E-state index contributed by atoms with van der Waals surface area (Å²) in [5.41, 5.74) is 0.771. The fourth-order valence-corrected chi connectivity index (χ4v) is 4.54. The lowest BCUT2D eigenvalue weighted by atomic mass is 9.84. The highest BCUT2D eigenvalue weighted by molar-refractivity contribution is 5.68. The molecule has 168 valence electrons. The fraction of sp³-hybridized carbons (Fsp3) is 0.708. The quantitative estimate of drug-likeness (QED) is 0.748. The summed E-state index contributed by atoms with van der Waals surface area (Å²) in [7, 11) is 1.74. The third kappa shape index (κ3) is 6.79. The number of piperazine rings is 1. The highest BCUT2D eigenvalue weighted by atomic mass is 16.6. The van der Waals surface area contributed by atoms with Crippen molar-refractivity contribution in [1.29, 1.82) is 0 Å². The van der Waals surface area contributed by atoms with Crippen LogP contribution in [0.1, 0.15) is 52.9 Å². The van der Waals surface area contributed by atoms with Gasteiger partial charge in [0.15, 0.2) is 0 Å². The summed E-state index contributed by atoms with van der Waals surface area (Å²) in [4.78, 5) is 17.0. The van der Waals surface area contributed by atoms with Gasteiger partial charge in [-0.15, -0.1) is 0 Å². The van der Waals surface area contributed by atoms with Crippen LogP contribution in [0.2, 0.25) is 0 Å². The zero-order valence-corrected chi connectivity index (χ0v) is 19.2. The molecule has 0 bridgehead atoms. The number of alkyl carbamates (subject to hydrolysis) is 1. The molecule has 1 N–H and O–H groups in total. The van der Waals surface area contributed by atoms with Crippen LogP contribution in [0.25, 0.3) is 0 Å². The number of nitrogens with one attached hydrogen (secondary N) is 1. The number of carbonyl (C=O) groups excluding carboxylic acids is 1. The topological polar surface area (TPSA) is 54.0 Å². The Morgan fingerprint density at radius 1 is 1.07 bits per heavy atom. The van der Waals surface area contributed by atoms with Crippen molar-refractivity contribution in [2.45, 2.75) is 64.5 Å². The van der Waals surface area contributed by atoms with Gasteiger partial charge >= 0.3 is 6.09 Å². The predicted octanol–water partition coefficient (Wildman–Crippen LogP) is 4.29. The second-order valence-corrected chi connectivity index (χ2v) is 9.65. The van der Waals surface area contributed by atoms with Gasteiger partial charge in [0.25, 0.3) is 0 Å². The van der Waals surface area contributed by atoms with Gasteiger partial charge in [0.05, 0.1) is 12.8 Å². The lowest BCUT2D eigenvalue weighted by Gasteiger charge is -2.37. The smallest absolute Gasteiger partial charge is 0.407 e. The van der Waals surface area contributed by atoms with Gasteiger partial charge in [0, 0.05) is 32.2 Å². The summed E-state index contributed by atoms with van der Waals surface area (Å²) < 4.78 is 10.9. The normalized spacial score (nSPS) is 23.1. The molecule has 1 amide bonds. The second kappa shape index (κ2) is 10.4. The number of para-hydroxylation sites is 2. The van der Waals surface area contributed by atoms with E-state index in [0.29, 0.717) is 0 Å². The van der Waals surface area contributed by atoms with E-state index < -0.39 is 5.60 Å². The maximum atomic E-state index is 12.0. The maximum Gasteiger partial charge on any atom is 0.407 e. The Balaban J connectivity index is 1.33. The van der Waals surface area contributed by atoms with Crippen molar-refractivity contribution in [3.8, 4) is 5.75 Å². The van der Waals surface area contributed by atoms with E-state index in [-0.39, 0.29) is 12.1 Å². The Bertz CT molecular complexity index is 673. The molecule has 2 aliphatic rings. The van der Waals surface area contributed by atoms with Crippen LogP contribution in [0.3, 0.4) is 0 Å². The minimum Gasteiger partial charge on any atom is -0.495 e. The number of carbonyl (C=O) groups is 1. The Morgan fingerprint density at radius 3 is 2.37 bits per heavy atom. The van der Waals surface area contributed by atoms with Gasteiger partial charge in [-0.2, -0.15) is 0 Å². The largest absolute Gasteiger partial charge is 0.495 e. The number of ether oxygens (including phenoxy) is 2. The number of benzene rings is 1. The summed E-state index contributed by atoms with van der Waals surface area (Å²) in [5.74, 6) is 1.73. The molecule has 0 spiro atoms. The molecule has 30 heavy (non-hydrogen) atoms. The fourth-order valence-electron chi connectivity index (χ4n) is 4.54. The van der Waals surface area contributed by atoms with Crippen molar-refractivity contribution >= 4 is 11.8 Å². The third-order valence-corrected chi connectivity index (χ3v) is 6.22. The van der Waals surface area contributed by atoms with Crippen molar-refractivity contribution in [2.75, 3.05) is 44.7 Å². The molecule has 0 aromatic heterocycles. The van der Waals surface area contributed by atoms with E-state index in [4.69, 9.17) is 9.47 Å². The molecule has 1 saturated carbocycles. The third-order valence-electron chi connectivity index (χ3n) is 6.22. The number of amides is 1. The number of nitrogens with zero attached hydrogens (tertiary/aromatic N) is 2. The van der Waals surface area contributed by atoms with E-state index in [1.54, 1.807) is 7.11 Å². The Hall–Kier alpha value is -1.95. The monoisotopic (exact) mass is 417 g/mol. The van der Waals surface area contributed by atoms with Crippen LogP contribution in [-0.4, -0.2) is 62.5 Å². The Morgan fingerprint density at radius 2 is 1.73 bits per heavy atom. The molecule has 6 heteroatoms. The summed E-state index contributed by atoms with van der Waals surface area (Å²) in [6.45, 7) is 11.2. The summed E-state index contributed by atoms with van der Waals surface area (Å²) in [5, 5.41) is 3.04. The molecule has 0 atom stereocenters.